The van der Waals surface area contributed by atoms with Crippen molar-refractivity contribution in [1.82, 2.24) is 0 Å². The van der Waals surface area contributed by atoms with Crippen LogP contribution in [-0.2, 0) is 6.18 Å². The molecule has 1 N–H and O–H groups in total. The van der Waals surface area contributed by atoms with Crippen LogP contribution in [0.25, 0.3) is 0 Å². The lowest BCUT2D eigenvalue weighted by Gasteiger charge is -2.11. The molecule has 0 unspecified atom stereocenters. The Kier molecular flexibility index (Phi) is 6.80. The summed E-state index contributed by atoms with van der Waals surface area (Å²) in [6.07, 6.45) is -3.32. The van der Waals surface area contributed by atoms with Crippen molar-refractivity contribution in [1.29, 1.82) is 0 Å². The van der Waals surface area contributed by atoms with Crippen molar-refractivity contribution < 1.29 is 27.6 Å². The van der Waals surface area contributed by atoms with E-state index >= 15 is 0 Å². The lowest BCUT2D eigenvalue weighted by Crippen LogP contribution is -2.06. The van der Waals surface area contributed by atoms with Gasteiger partial charge in [-0.3, -0.25) is 15.5 Å². The molecule has 2 aromatic carbocycles. The van der Waals surface area contributed by atoms with Crippen LogP contribution >= 0.6 is 0 Å². The standard InChI is InChI=1S/C18H18F3N3O4/c1-3-27-16-8-5-12(9-17(16)28-4-2)11-22-23-14-7-6-13(18(19,20)21)10-15(14)24(25)26/h5-11,23H,3-4H2,1-2H3/b22-11-. The molecule has 2 aromatic rings. The van der Waals surface area contributed by atoms with E-state index in [1.54, 1.807) is 18.2 Å². The van der Waals surface area contributed by atoms with E-state index in [-0.39, 0.29) is 5.69 Å². The molecule has 0 spiro atoms. The van der Waals surface area contributed by atoms with Gasteiger partial charge in [0, 0.05) is 6.07 Å². The van der Waals surface area contributed by atoms with Crippen LogP contribution in [0.4, 0.5) is 24.5 Å². The summed E-state index contributed by atoms with van der Waals surface area (Å²) in [7, 11) is 0. The summed E-state index contributed by atoms with van der Waals surface area (Å²) in [5.41, 5.74) is 1.01. The second-order valence-electron chi connectivity index (χ2n) is 5.43. The third-order valence-corrected chi connectivity index (χ3v) is 3.49. The average Bonchev–Trinajstić information content (AvgIpc) is 2.63. The van der Waals surface area contributed by atoms with E-state index in [0.717, 1.165) is 12.1 Å². The maximum Gasteiger partial charge on any atom is 0.416 e. The Hall–Kier alpha value is -3.30. The fourth-order valence-corrected chi connectivity index (χ4v) is 2.28. The van der Waals surface area contributed by atoms with Crippen LogP contribution in [-0.4, -0.2) is 24.4 Å². The molecule has 0 atom stereocenters. The third kappa shape index (κ3) is 5.35. The highest BCUT2D eigenvalue weighted by Gasteiger charge is 2.33. The SMILES string of the molecule is CCOc1ccc(/C=N\Nc2ccc(C(F)(F)F)cc2[N+](=O)[O-])cc1OCC. The Morgan fingerprint density at radius 3 is 2.39 bits per heavy atom. The van der Waals surface area contributed by atoms with Crippen molar-refractivity contribution in [3.8, 4) is 11.5 Å². The molecule has 0 bridgehead atoms. The van der Waals surface area contributed by atoms with Crippen LogP contribution in [0.5, 0.6) is 11.5 Å². The third-order valence-electron chi connectivity index (χ3n) is 3.49. The Balaban J connectivity index is 2.22. The molecule has 28 heavy (non-hydrogen) atoms. The van der Waals surface area contributed by atoms with Gasteiger partial charge in [-0.25, -0.2) is 0 Å². The first-order valence-electron chi connectivity index (χ1n) is 8.30. The molecule has 0 aliphatic carbocycles. The van der Waals surface area contributed by atoms with E-state index in [2.05, 4.69) is 10.5 Å². The molecule has 10 heteroatoms. The zero-order valence-corrected chi connectivity index (χ0v) is 15.1. The number of ether oxygens (including phenoxy) is 2. The monoisotopic (exact) mass is 397 g/mol. The fraction of sp³-hybridized carbons (Fsp3) is 0.278. The molecule has 0 amide bonds. The number of nitro groups is 1. The number of alkyl halides is 3. The van der Waals surface area contributed by atoms with Crippen LogP contribution in [0, 0.1) is 10.1 Å². The van der Waals surface area contributed by atoms with Gasteiger partial charge >= 0.3 is 6.18 Å². The predicted octanol–water partition coefficient (Wildman–Crippen LogP) is 4.86. The van der Waals surface area contributed by atoms with Crippen molar-refractivity contribution in [2.75, 3.05) is 18.6 Å². The topological polar surface area (TPSA) is 86.0 Å². The number of nitrogens with zero attached hydrogens (tertiary/aromatic N) is 2. The summed E-state index contributed by atoms with van der Waals surface area (Å²) in [6, 6.07) is 7.22. The zero-order chi connectivity index (χ0) is 20.7. The molecule has 150 valence electrons. The van der Waals surface area contributed by atoms with E-state index in [1.165, 1.54) is 6.21 Å². The zero-order valence-electron chi connectivity index (χ0n) is 15.1. The van der Waals surface area contributed by atoms with Crippen molar-refractivity contribution in [2.45, 2.75) is 20.0 Å². The molecular formula is C18H18F3N3O4. The molecule has 0 heterocycles. The van der Waals surface area contributed by atoms with Gasteiger partial charge < -0.3 is 9.47 Å². The molecule has 7 nitrogen and oxygen atoms in total. The average molecular weight is 397 g/mol. The summed E-state index contributed by atoms with van der Waals surface area (Å²) >= 11 is 0. The van der Waals surface area contributed by atoms with E-state index < -0.39 is 22.4 Å². The van der Waals surface area contributed by atoms with Crippen LogP contribution in [0.1, 0.15) is 25.0 Å². The van der Waals surface area contributed by atoms with Gasteiger partial charge in [-0.05, 0) is 49.7 Å². The molecule has 0 saturated heterocycles. The highest BCUT2D eigenvalue weighted by atomic mass is 19.4. The number of nitro benzene ring substituents is 1. The normalized spacial score (nSPS) is 11.5. The van der Waals surface area contributed by atoms with E-state index in [1.807, 2.05) is 13.8 Å². The van der Waals surface area contributed by atoms with Gasteiger partial charge in [0.15, 0.2) is 11.5 Å². The Morgan fingerprint density at radius 2 is 1.79 bits per heavy atom. The van der Waals surface area contributed by atoms with E-state index in [0.29, 0.717) is 36.3 Å². The van der Waals surface area contributed by atoms with Crippen molar-refractivity contribution in [2.24, 2.45) is 5.10 Å². The molecule has 0 aromatic heterocycles. The van der Waals surface area contributed by atoms with Crippen LogP contribution in [0.15, 0.2) is 41.5 Å². The second kappa shape index (κ2) is 9.07. The molecule has 0 fully saturated rings. The highest BCUT2D eigenvalue weighted by molar-refractivity contribution is 5.82. The lowest BCUT2D eigenvalue weighted by molar-refractivity contribution is -0.384. The first-order chi connectivity index (χ1) is 13.3. The number of rotatable bonds is 8. The van der Waals surface area contributed by atoms with E-state index in [9.17, 15) is 23.3 Å². The fourth-order valence-electron chi connectivity index (χ4n) is 2.28. The van der Waals surface area contributed by atoms with Gasteiger partial charge in [-0.2, -0.15) is 18.3 Å². The van der Waals surface area contributed by atoms with Crippen molar-refractivity contribution >= 4 is 17.6 Å². The molecular weight excluding hydrogens is 379 g/mol. The van der Waals surface area contributed by atoms with Gasteiger partial charge in [0.2, 0.25) is 0 Å². The molecule has 2 rings (SSSR count). The quantitative estimate of drug-likeness (QED) is 0.391. The first kappa shape index (κ1) is 21.0. The summed E-state index contributed by atoms with van der Waals surface area (Å²) in [4.78, 5) is 10.2. The number of benzene rings is 2. The Morgan fingerprint density at radius 1 is 1.11 bits per heavy atom. The van der Waals surface area contributed by atoms with Crippen molar-refractivity contribution in [3.63, 3.8) is 0 Å². The minimum absolute atomic E-state index is 0.162. The first-order valence-corrected chi connectivity index (χ1v) is 8.30. The van der Waals surface area contributed by atoms with Crippen molar-refractivity contribution in [3.05, 3.63) is 57.6 Å². The van der Waals surface area contributed by atoms with Gasteiger partial charge in [0.05, 0.1) is 29.9 Å². The van der Waals surface area contributed by atoms with Gasteiger partial charge in [-0.1, -0.05) is 0 Å². The maximum absolute atomic E-state index is 12.7. The summed E-state index contributed by atoms with van der Waals surface area (Å²) in [6.45, 7) is 4.55. The Bertz CT molecular complexity index is 870. The Labute approximate surface area is 158 Å². The molecule has 0 radical (unpaired) electrons. The number of hydrogen-bond acceptors (Lipinski definition) is 6. The summed E-state index contributed by atoms with van der Waals surface area (Å²) in [5.74, 6) is 1.07. The highest BCUT2D eigenvalue weighted by Crippen LogP contribution is 2.35. The predicted molar refractivity (Wildman–Crippen MR) is 98.1 cm³/mol. The maximum atomic E-state index is 12.7. The molecule has 0 saturated carbocycles. The largest absolute Gasteiger partial charge is 0.490 e. The number of anilines is 1. The number of halogens is 3. The number of hydrazone groups is 1. The molecule has 0 aliphatic rings. The van der Waals surface area contributed by atoms with Gasteiger partial charge in [-0.15, -0.1) is 0 Å². The van der Waals surface area contributed by atoms with Crippen LogP contribution < -0.4 is 14.9 Å². The van der Waals surface area contributed by atoms with Crippen LogP contribution in [0.2, 0.25) is 0 Å². The minimum Gasteiger partial charge on any atom is -0.490 e. The minimum atomic E-state index is -4.68. The van der Waals surface area contributed by atoms with Gasteiger partial charge in [0.25, 0.3) is 5.69 Å². The summed E-state index contributed by atoms with van der Waals surface area (Å²) in [5, 5.41) is 14.9. The smallest absolute Gasteiger partial charge is 0.416 e. The number of nitrogens with one attached hydrogen (secondary N) is 1. The summed E-state index contributed by atoms with van der Waals surface area (Å²) < 4.78 is 49.1. The molecule has 0 aliphatic heterocycles. The van der Waals surface area contributed by atoms with E-state index in [4.69, 9.17) is 9.47 Å². The lowest BCUT2D eigenvalue weighted by atomic mass is 10.1. The second-order valence-corrected chi connectivity index (χ2v) is 5.43. The number of hydrogen-bond donors (Lipinski definition) is 1. The van der Waals surface area contributed by atoms with Crippen LogP contribution in [0.3, 0.4) is 0 Å². The van der Waals surface area contributed by atoms with Gasteiger partial charge in [0.1, 0.15) is 5.69 Å².